The van der Waals surface area contributed by atoms with Gasteiger partial charge in [0.2, 0.25) is 5.91 Å². The molecule has 1 spiro atoms. The molecule has 6 rings (SSSR count). The number of anilines is 2. The van der Waals surface area contributed by atoms with Gasteiger partial charge in [-0.1, -0.05) is 11.3 Å². The highest BCUT2D eigenvalue weighted by atomic mass is 32.1. The summed E-state index contributed by atoms with van der Waals surface area (Å²) >= 11 is 1.61. The molecule has 26 heavy (non-hydrogen) atoms. The fourth-order valence-corrected chi connectivity index (χ4v) is 5.57. The van der Waals surface area contributed by atoms with E-state index in [2.05, 4.69) is 31.9 Å². The fraction of sp³-hybridized carbons (Fsp3) is 0.474. The van der Waals surface area contributed by atoms with Gasteiger partial charge in [-0.15, -0.1) is 0 Å². The molecule has 2 bridgehead atoms. The standard InChI is InChI=1S/C19H23N5OS/c1-12(25)20-14-2-3-15-16(10-14)26-18(21-15)22-17-4-7-19(23-17)11-24-8-5-13(19)6-9-24/h2-4,10,13,23H,5-9,11H2,1H3,(H,20,25)(H,21,22)/t19-/m0/s1. The van der Waals surface area contributed by atoms with Crippen LogP contribution in [0.5, 0.6) is 0 Å². The molecule has 4 aliphatic rings. The molecule has 0 aliphatic carbocycles. The van der Waals surface area contributed by atoms with Gasteiger partial charge in [-0.3, -0.25) is 4.79 Å². The van der Waals surface area contributed by atoms with E-state index in [4.69, 9.17) is 0 Å². The van der Waals surface area contributed by atoms with Crippen molar-refractivity contribution >= 4 is 38.3 Å². The highest BCUT2D eigenvalue weighted by molar-refractivity contribution is 7.22. The zero-order chi connectivity index (χ0) is 17.7. The van der Waals surface area contributed by atoms with Gasteiger partial charge in [0.05, 0.1) is 15.8 Å². The van der Waals surface area contributed by atoms with E-state index in [1.807, 2.05) is 18.2 Å². The average Bonchev–Trinajstić information content (AvgIpc) is 3.19. The monoisotopic (exact) mass is 369 g/mol. The quantitative estimate of drug-likeness (QED) is 0.776. The van der Waals surface area contributed by atoms with Gasteiger partial charge >= 0.3 is 0 Å². The van der Waals surface area contributed by atoms with Crippen molar-refractivity contribution in [3.05, 3.63) is 30.1 Å². The second kappa shape index (κ2) is 5.96. The maximum absolute atomic E-state index is 11.2. The molecule has 6 nitrogen and oxygen atoms in total. The lowest BCUT2D eigenvalue weighted by Crippen LogP contribution is -2.64. The Balaban J connectivity index is 1.31. The van der Waals surface area contributed by atoms with Crippen molar-refractivity contribution in [1.82, 2.24) is 15.2 Å². The first-order valence-electron chi connectivity index (χ1n) is 9.26. The van der Waals surface area contributed by atoms with Crippen molar-refractivity contribution in [1.29, 1.82) is 0 Å². The van der Waals surface area contributed by atoms with Gasteiger partial charge in [0.1, 0.15) is 5.82 Å². The van der Waals surface area contributed by atoms with E-state index in [9.17, 15) is 4.79 Å². The Labute approximate surface area is 156 Å². The summed E-state index contributed by atoms with van der Waals surface area (Å²) in [7, 11) is 0. The predicted molar refractivity (Wildman–Crippen MR) is 105 cm³/mol. The molecule has 0 unspecified atom stereocenters. The van der Waals surface area contributed by atoms with E-state index in [-0.39, 0.29) is 11.4 Å². The summed E-state index contributed by atoms with van der Waals surface area (Å²) in [5.41, 5.74) is 1.97. The lowest BCUT2D eigenvalue weighted by Gasteiger charge is -2.52. The molecular weight excluding hydrogens is 346 g/mol. The molecule has 0 radical (unpaired) electrons. The molecule has 1 atom stereocenters. The molecule has 5 heterocycles. The summed E-state index contributed by atoms with van der Waals surface area (Å²) in [6.45, 7) is 5.18. The number of rotatable bonds is 3. The molecular formula is C19H23N5OS. The number of amides is 1. The summed E-state index contributed by atoms with van der Waals surface area (Å²) in [5, 5.41) is 11.0. The summed E-state index contributed by atoms with van der Waals surface area (Å²) in [6.07, 6.45) is 5.99. The third kappa shape index (κ3) is 2.75. The van der Waals surface area contributed by atoms with Crippen molar-refractivity contribution in [2.45, 2.75) is 31.7 Å². The molecule has 0 saturated carbocycles. The minimum Gasteiger partial charge on any atom is -0.365 e. The van der Waals surface area contributed by atoms with Crippen LogP contribution >= 0.6 is 11.3 Å². The number of hydrogen-bond acceptors (Lipinski definition) is 6. The molecule has 3 saturated heterocycles. The molecule has 7 heteroatoms. The Bertz CT molecular complexity index is 898. The van der Waals surface area contributed by atoms with E-state index in [0.717, 1.165) is 45.7 Å². The first-order valence-corrected chi connectivity index (χ1v) is 10.1. The predicted octanol–water partition coefficient (Wildman–Crippen LogP) is 2.97. The third-order valence-electron chi connectivity index (χ3n) is 5.88. The molecule has 3 N–H and O–H groups in total. The van der Waals surface area contributed by atoms with E-state index in [0.29, 0.717) is 0 Å². The smallest absolute Gasteiger partial charge is 0.221 e. The highest BCUT2D eigenvalue weighted by Gasteiger charge is 2.48. The molecule has 2 aromatic rings. The van der Waals surface area contributed by atoms with Crippen LogP contribution in [-0.2, 0) is 4.79 Å². The molecule has 136 valence electrons. The van der Waals surface area contributed by atoms with Crippen LogP contribution in [0.25, 0.3) is 10.2 Å². The first kappa shape index (κ1) is 16.1. The number of hydrogen-bond donors (Lipinski definition) is 3. The van der Waals surface area contributed by atoms with Gasteiger partial charge in [0, 0.05) is 19.2 Å². The topological polar surface area (TPSA) is 69.3 Å². The number of benzene rings is 1. The van der Waals surface area contributed by atoms with Crippen LogP contribution in [-0.4, -0.2) is 41.0 Å². The number of piperidine rings is 3. The largest absolute Gasteiger partial charge is 0.365 e. The number of carbonyl (C=O) groups is 1. The maximum Gasteiger partial charge on any atom is 0.221 e. The van der Waals surface area contributed by atoms with Gasteiger partial charge < -0.3 is 20.9 Å². The zero-order valence-electron chi connectivity index (χ0n) is 14.8. The SMILES string of the molecule is CC(=O)Nc1ccc2nc(NC3=CC[C@@]4(CN5CCC4CC5)N3)sc2c1. The minimum atomic E-state index is -0.0599. The van der Waals surface area contributed by atoms with Crippen LogP contribution < -0.4 is 16.0 Å². The Morgan fingerprint density at radius 2 is 2.23 bits per heavy atom. The van der Waals surface area contributed by atoms with E-state index >= 15 is 0 Å². The Morgan fingerprint density at radius 1 is 1.38 bits per heavy atom. The maximum atomic E-state index is 11.2. The van der Waals surface area contributed by atoms with Gasteiger partial charge in [0.25, 0.3) is 0 Å². The fourth-order valence-electron chi connectivity index (χ4n) is 4.66. The third-order valence-corrected chi connectivity index (χ3v) is 6.81. The summed E-state index contributed by atoms with van der Waals surface area (Å²) in [5.74, 6) is 1.80. The first-order chi connectivity index (χ1) is 12.6. The lowest BCUT2D eigenvalue weighted by atomic mass is 9.72. The van der Waals surface area contributed by atoms with Crippen molar-refractivity contribution in [2.75, 3.05) is 30.3 Å². The van der Waals surface area contributed by atoms with Crippen LogP contribution in [0.4, 0.5) is 10.8 Å². The van der Waals surface area contributed by atoms with Crippen molar-refractivity contribution in [3.8, 4) is 0 Å². The van der Waals surface area contributed by atoms with E-state index in [1.165, 1.54) is 32.9 Å². The molecule has 3 fully saturated rings. The number of carbonyl (C=O) groups excluding carboxylic acids is 1. The van der Waals surface area contributed by atoms with E-state index in [1.54, 1.807) is 11.3 Å². The second-order valence-electron chi connectivity index (χ2n) is 7.66. The van der Waals surface area contributed by atoms with Crippen LogP contribution in [0, 0.1) is 5.92 Å². The molecule has 4 aliphatic heterocycles. The van der Waals surface area contributed by atoms with Crippen molar-refractivity contribution in [3.63, 3.8) is 0 Å². The van der Waals surface area contributed by atoms with Crippen LogP contribution in [0.1, 0.15) is 26.2 Å². The normalized spacial score (nSPS) is 29.7. The van der Waals surface area contributed by atoms with Crippen molar-refractivity contribution < 1.29 is 4.79 Å². The number of nitrogens with one attached hydrogen (secondary N) is 3. The van der Waals surface area contributed by atoms with E-state index < -0.39 is 0 Å². The Morgan fingerprint density at radius 3 is 2.96 bits per heavy atom. The zero-order valence-corrected chi connectivity index (χ0v) is 15.7. The summed E-state index contributed by atoms with van der Waals surface area (Å²) in [6, 6.07) is 5.82. The second-order valence-corrected chi connectivity index (χ2v) is 8.69. The molecule has 1 aromatic carbocycles. The summed E-state index contributed by atoms with van der Waals surface area (Å²) in [4.78, 5) is 18.5. The van der Waals surface area contributed by atoms with Gasteiger partial charge in [0.15, 0.2) is 5.13 Å². The van der Waals surface area contributed by atoms with Gasteiger partial charge in [-0.05, 0) is 62.5 Å². The Kier molecular flexibility index (Phi) is 3.68. The molecule has 1 aromatic heterocycles. The van der Waals surface area contributed by atoms with Crippen LogP contribution in [0.15, 0.2) is 30.1 Å². The number of aromatic nitrogens is 1. The highest BCUT2D eigenvalue weighted by Crippen LogP contribution is 2.41. The van der Waals surface area contributed by atoms with Gasteiger partial charge in [-0.2, -0.15) is 0 Å². The molecule has 1 amide bonds. The van der Waals surface area contributed by atoms with Crippen LogP contribution in [0.2, 0.25) is 0 Å². The van der Waals surface area contributed by atoms with Crippen molar-refractivity contribution in [2.24, 2.45) is 5.92 Å². The number of thiazole rings is 1. The van der Waals surface area contributed by atoms with Crippen LogP contribution in [0.3, 0.4) is 0 Å². The minimum absolute atomic E-state index is 0.0599. The average molecular weight is 369 g/mol. The number of nitrogens with zero attached hydrogens (tertiary/aromatic N) is 2. The number of fused-ring (bicyclic) bond motifs is 3. The van der Waals surface area contributed by atoms with Gasteiger partial charge in [-0.25, -0.2) is 4.98 Å². The lowest BCUT2D eigenvalue weighted by molar-refractivity contribution is -0.114. The summed E-state index contributed by atoms with van der Waals surface area (Å²) < 4.78 is 1.06. The Hall–Kier alpha value is -2.12.